The van der Waals surface area contributed by atoms with Crippen LogP contribution in [0.3, 0.4) is 0 Å². The molecule has 2 heterocycles. The zero-order chi connectivity index (χ0) is 29.9. The van der Waals surface area contributed by atoms with E-state index in [1.165, 1.54) is 6.07 Å². The highest BCUT2D eigenvalue weighted by atomic mass is 19.4. The fourth-order valence-corrected chi connectivity index (χ4v) is 4.93. The molecule has 1 aliphatic heterocycles. The average Bonchev–Trinajstić information content (AvgIpc) is 3.40. The first-order chi connectivity index (χ1) is 20.0. The van der Waals surface area contributed by atoms with Crippen LogP contribution in [0.5, 0.6) is 0 Å². The minimum Gasteiger partial charge on any atom is -0.376 e. The molecule has 0 spiro atoms. The number of anilines is 1. The largest absolute Gasteiger partial charge is 0.417 e. The van der Waals surface area contributed by atoms with Gasteiger partial charge in [-0.15, -0.1) is 0 Å². The second-order valence-corrected chi connectivity index (χ2v) is 10.9. The Labute approximate surface area is 242 Å². The van der Waals surface area contributed by atoms with Gasteiger partial charge in [0.05, 0.1) is 29.9 Å². The molecule has 0 saturated heterocycles. The Kier molecular flexibility index (Phi) is 8.13. The minimum atomic E-state index is -4.50. The van der Waals surface area contributed by atoms with Gasteiger partial charge >= 0.3 is 6.18 Å². The first kappa shape index (κ1) is 29.0. The second-order valence-electron chi connectivity index (χ2n) is 10.9. The van der Waals surface area contributed by atoms with Crippen LogP contribution in [0.1, 0.15) is 46.5 Å². The van der Waals surface area contributed by atoms with Crippen LogP contribution in [0.15, 0.2) is 91.1 Å². The van der Waals surface area contributed by atoms with Gasteiger partial charge < -0.3 is 15.0 Å². The number of pyridine rings is 1. The summed E-state index contributed by atoms with van der Waals surface area (Å²) in [5.41, 5.74) is 2.89. The maximum absolute atomic E-state index is 13.4. The summed E-state index contributed by atoms with van der Waals surface area (Å²) in [7, 11) is 0. The molecule has 0 unspecified atom stereocenters. The van der Waals surface area contributed by atoms with Crippen LogP contribution in [0.2, 0.25) is 0 Å². The van der Waals surface area contributed by atoms with Crippen molar-refractivity contribution in [1.29, 1.82) is 0 Å². The molecule has 2 amide bonds. The lowest BCUT2D eigenvalue weighted by Gasteiger charge is -2.29. The summed E-state index contributed by atoms with van der Waals surface area (Å²) < 4.78 is 44.8. The Bertz CT molecular complexity index is 1590. The lowest BCUT2D eigenvalue weighted by atomic mass is 9.93. The number of benzene rings is 3. The van der Waals surface area contributed by atoms with Gasteiger partial charge in [0.25, 0.3) is 5.91 Å². The van der Waals surface area contributed by atoms with Crippen LogP contribution in [-0.2, 0) is 35.4 Å². The summed E-state index contributed by atoms with van der Waals surface area (Å²) in [6.45, 7) is 5.33. The molecule has 0 saturated carbocycles. The van der Waals surface area contributed by atoms with E-state index >= 15 is 0 Å². The van der Waals surface area contributed by atoms with Crippen molar-refractivity contribution in [1.82, 2.24) is 9.88 Å². The number of aromatic nitrogens is 1. The second kappa shape index (κ2) is 11.8. The molecule has 0 bridgehead atoms. The van der Waals surface area contributed by atoms with E-state index in [0.29, 0.717) is 30.9 Å². The van der Waals surface area contributed by atoms with Crippen LogP contribution < -0.4 is 5.32 Å². The number of carbonyl (C=O) groups excluding carboxylic acids is 2. The van der Waals surface area contributed by atoms with Crippen LogP contribution in [-0.4, -0.2) is 28.3 Å². The zero-order valence-corrected chi connectivity index (χ0v) is 23.2. The normalized spacial score (nSPS) is 13.1. The highest BCUT2D eigenvalue weighted by molar-refractivity contribution is 6.08. The van der Waals surface area contributed by atoms with E-state index in [9.17, 15) is 22.8 Å². The van der Waals surface area contributed by atoms with Crippen molar-refractivity contribution in [3.63, 3.8) is 0 Å². The van der Waals surface area contributed by atoms with E-state index in [1.807, 2.05) is 56.3 Å². The Balaban J connectivity index is 1.24. The Hall–Kier alpha value is -4.50. The van der Waals surface area contributed by atoms with Gasteiger partial charge in [0.15, 0.2) is 0 Å². The predicted octanol–water partition coefficient (Wildman–Crippen LogP) is 7.10. The van der Waals surface area contributed by atoms with E-state index in [2.05, 4.69) is 10.3 Å². The summed E-state index contributed by atoms with van der Waals surface area (Å²) >= 11 is 0. The molecule has 0 atom stereocenters. The van der Waals surface area contributed by atoms with E-state index in [-0.39, 0.29) is 23.8 Å². The molecule has 216 valence electrons. The van der Waals surface area contributed by atoms with Crippen LogP contribution in [0.4, 0.5) is 18.9 Å². The van der Waals surface area contributed by atoms with Crippen LogP contribution in [0, 0.1) is 5.41 Å². The number of nitrogens with zero attached hydrogens (tertiary/aromatic N) is 2. The number of hydrogen-bond acceptors (Lipinski definition) is 4. The zero-order valence-electron chi connectivity index (χ0n) is 23.2. The van der Waals surface area contributed by atoms with Gasteiger partial charge in [0.1, 0.15) is 0 Å². The summed E-state index contributed by atoms with van der Waals surface area (Å²) in [5, 5.41) is 2.88. The highest BCUT2D eigenvalue weighted by Gasteiger charge is 2.35. The molecule has 0 radical (unpaired) electrons. The first-order valence-corrected chi connectivity index (χ1v) is 13.5. The van der Waals surface area contributed by atoms with E-state index < -0.39 is 23.1 Å². The number of amides is 2. The van der Waals surface area contributed by atoms with E-state index in [0.717, 1.165) is 29.0 Å². The van der Waals surface area contributed by atoms with Gasteiger partial charge in [-0.25, -0.2) is 0 Å². The van der Waals surface area contributed by atoms with Gasteiger partial charge in [-0.2, -0.15) is 13.2 Å². The first-order valence-electron chi connectivity index (χ1n) is 13.5. The predicted molar refractivity (Wildman–Crippen MR) is 153 cm³/mol. The van der Waals surface area contributed by atoms with E-state index in [4.69, 9.17) is 4.74 Å². The standard InChI is InChI=1S/C33H30F3N3O3/c1-32(2,21-42-20-22-8-4-3-5-9-22)31(41)39-18-23-12-14-26(16-24(23)19-39)38-30(40)28-11-7-6-10-27(28)29-15-13-25(17-37-29)33(34,35)36/h3-17H,18-21H2,1-2H3,(H,38,40). The fraction of sp³-hybridized carbons (Fsp3) is 0.242. The number of alkyl halides is 3. The molecule has 9 heteroatoms. The smallest absolute Gasteiger partial charge is 0.376 e. The van der Waals surface area contributed by atoms with Gasteiger partial charge in [-0.05, 0) is 60.9 Å². The number of rotatable bonds is 8. The van der Waals surface area contributed by atoms with E-state index in [1.54, 1.807) is 35.2 Å². The molecule has 1 aliphatic rings. The number of ether oxygens (including phenoxy) is 1. The van der Waals surface area contributed by atoms with Gasteiger partial charge in [0, 0.05) is 36.1 Å². The molecular weight excluding hydrogens is 543 g/mol. The maximum Gasteiger partial charge on any atom is 0.417 e. The SMILES string of the molecule is CC(C)(COCc1ccccc1)C(=O)N1Cc2ccc(NC(=O)c3ccccc3-c3ccc(C(F)(F)F)cn3)cc2C1. The molecule has 42 heavy (non-hydrogen) atoms. The summed E-state index contributed by atoms with van der Waals surface area (Å²) in [4.78, 5) is 32.4. The van der Waals surface area contributed by atoms with Crippen molar-refractivity contribution < 1.29 is 27.5 Å². The van der Waals surface area contributed by atoms with Crippen molar-refractivity contribution in [3.05, 3.63) is 119 Å². The number of hydrogen-bond donors (Lipinski definition) is 1. The molecule has 0 fully saturated rings. The van der Waals surface area contributed by atoms with Crippen LogP contribution in [0.25, 0.3) is 11.3 Å². The third-order valence-electron chi connectivity index (χ3n) is 7.17. The van der Waals surface area contributed by atoms with Crippen molar-refractivity contribution in [2.45, 2.75) is 39.7 Å². The molecule has 5 rings (SSSR count). The van der Waals surface area contributed by atoms with Crippen LogP contribution >= 0.6 is 0 Å². The van der Waals surface area contributed by atoms with Crippen molar-refractivity contribution in [2.24, 2.45) is 5.41 Å². The number of nitrogens with one attached hydrogen (secondary N) is 1. The number of carbonyl (C=O) groups is 2. The topological polar surface area (TPSA) is 71.5 Å². The molecule has 1 aromatic heterocycles. The maximum atomic E-state index is 13.4. The Morgan fingerprint density at radius 3 is 2.33 bits per heavy atom. The third-order valence-corrected chi connectivity index (χ3v) is 7.17. The lowest BCUT2D eigenvalue weighted by Crippen LogP contribution is -2.40. The average molecular weight is 574 g/mol. The van der Waals surface area contributed by atoms with Gasteiger partial charge in [-0.3, -0.25) is 14.6 Å². The van der Waals surface area contributed by atoms with Crippen molar-refractivity contribution >= 4 is 17.5 Å². The number of halogens is 3. The number of fused-ring (bicyclic) bond motifs is 1. The monoisotopic (exact) mass is 573 g/mol. The summed E-state index contributed by atoms with van der Waals surface area (Å²) in [6.07, 6.45) is -3.74. The Morgan fingerprint density at radius 1 is 0.905 bits per heavy atom. The molecular formula is C33H30F3N3O3. The van der Waals surface area contributed by atoms with Crippen molar-refractivity contribution in [3.8, 4) is 11.3 Å². The Morgan fingerprint density at radius 2 is 1.62 bits per heavy atom. The highest BCUT2D eigenvalue weighted by Crippen LogP contribution is 2.32. The van der Waals surface area contributed by atoms with Crippen molar-refractivity contribution in [2.75, 3.05) is 11.9 Å². The molecule has 1 N–H and O–H groups in total. The molecule has 0 aliphatic carbocycles. The molecule has 4 aromatic rings. The molecule has 3 aromatic carbocycles. The van der Waals surface area contributed by atoms with Gasteiger partial charge in [0.2, 0.25) is 5.91 Å². The lowest BCUT2D eigenvalue weighted by molar-refractivity contribution is -0.144. The molecule has 6 nitrogen and oxygen atoms in total. The van der Waals surface area contributed by atoms with Gasteiger partial charge in [-0.1, -0.05) is 54.6 Å². The summed E-state index contributed by atoms with van der Waals surface area (Å²) in [6, 6.07) is 24.1. The quantitative estimate of drug-likeness (QED) is 0.244. The fourth-order valence-electron chi connectivity index (χ4n) is 4.93. The minimum absolute atomic E-state index is 0.0182. The summed E-state index contributed by atoms with van der Waals surface area (Å²) in [5.74, 6) is -0.440. The third kappa shape index (κ3) is 6.52.